The molecule has 0 atom stereocenters. The second kappa shape index (κ2) is 6.68. The number of anilines is 1. The molecule has 1 fully saturated rings. The minimum absolute atomic E-state index is 0.250. The van der Waals surface area contributed by atoms with Crippen LogP contribution in [-0.2, 0) is 4.74 Å². The number of benzene rings is 1. The summed E-state index contributed by atoms with van der Waals surface area (Å²) in [4.78, 5) is 16.4. The zero-order valence-electron chi connectivity index (χ0n) is 15.0. The van der Waals surface area contributed by atoms with E-state index in [-0.39, 0.29) is 11.6 Å². The normalized spacial score (nSPS) is 15.3. The van der Waals surface area contributed by atoms with Crippen LogP contribution in [0.15, 0.2) is 36.8 Å². The van der Waals surface area contributed by atoms with Crippen LogP contribution in [0, 0.1) is 5.82 Å². The van der Waals surface area contributed by atoms with E-state index in [1.807, 2.05) is 10.9 Å². The lowest BCUT2D eigenvalue weighted by Gasteiger charge is -2.22. The van der Waals surface area contributed by atoms with Crippen molar-refractivity contribution < 1.29 is 9.13 Å². The van der Waals surface area contributed by atoms with Gasteiger partial charge < -0.3 is 15.5 Å². The monoisotopic (exact) mass is 379 g/mol. The van der Waals surface area contributed by atoms with Crippen molar-refractivity contribution in [2.45, 2.75) is 18.9 Å². The molecule has 0 aliphatic carbocycles. The molecule has 5 rings (SSSR count). The van der Waals surface area contributed by atoms with E-state index in [1.54, 1.807) is 18.5 Å². The van der Waals surface area contributed by atoms with E-state index in [9.17, 15) is 4.39 Å². The Hall–Kier alpha value is -3.33. The van der Waals surface area contributed by atoms with Crippen LogP contribution in [0.4, 0.5) is 10.2 Å². The molecule has 1 saturated heterocycles. The Morgan fingerprint density at radius 1 is 1.18 bits per heavy atom. The fourth-order valence-corrected chi connectivity index (χ4v) is 3.42. The van der Waals surface area contributed by atoms with Gasteiger partial charge in [0.15, 0.2) is 11.6 Å². The van der Waals surface area contributed by atoms with Crippen molar-refractivity contribution in [2.24, 2.45) is 0 Å². The first-order valence-electron chi connectivity index (χ1n) is 9.08. The van der Waals surface area contributed by atoms with Gasteiger partial charge in [0.2, 0.25) is 0 Å². The van der Waals surface area contributed by atoms with Crippen LogP contribution < -0.4 is 5.73 Å². The van der Waals surface area contributed by atoms with Gasteiger partial charge in [0, 0.05) is 31.0 Å². The number of hydrogen-bond acceptors (Lipinski definition) is 6. The number of halogens is 1. The van der Waals surface area contributed by atoms with Crippen LogP contribution in [0.1, 0.15) is 18.9 Å². The highest BCUT2D eigenvalue weighted by molar-refractivity contribution is 5.81. The van der Waals surface area contributed by atoms with Gasteiger partial charge in [0.05, 0.1) is 35.2 Å². The van der Waals surface area contributed by atoms with Crippen molar-refractivity contribution in [3.63, 3.8) is 0 Å². The van der Waals surface area contributed by atoms with Gasteiger partial charge in [-0.1, -0.05) is 0 Å². The predicted octanol–water partition coefficient (Wildman–Crippen LogP) is 2.96. The van der Waals surface area contributed by atoms with Crippen LogP contribution in [0.5, 0.6) is 0 Å². The molecule has 1 aliphatic heterocycles. The molecular weight excluding hydrogens is 361 g/mol. The van der Waals surface area contributed by atoms with Gasteiger partial charge in [-0.05, 0) is 25.0 Å². The zero-order valence-corrected chi connectivity index (χ0v) is 15.0. The fraction of sp³-hybridized carbons (Fsp3) is 0.263. The molecule has 8 nitrogen and oxygen atoms in total. The highest BCUT2D eigenvalue weighted by Crippen LogP contribution is 2.27. The second-order valence-electron chi connectivity index (χ2n) is 6.79. The fourth-order valence-electron chi connectivity index (χ4n) is 3.42. The minimum atomic E-state index is -0.348. The van der Waals surface area contributed by atoms with Crippen molar-refractivity contribution >= 4 is 16.9 Å². The lowest BCUT2D eigenvalue weighted by Crippen LogP contribution is -2.19. The van der Waals surface area contributed by atoms with E-state index in [0.717, 1.165) is 31.6 Å². The molecule has 0 radical (unpaired) electrons. The van der Waals surface area contributed by atoms with E-state index in [0.29, 0.717) is 34.3 Å². The number of ether oxygens (including phenoxy) is 1. The van der Waals surface area contributed by atoms with Crippen LogP contribution >= 0.6 is 0 Å². The number of nitrogens with two attached hydrogens (primary N) is 1. The lowest BCUT2D eigenvalue weighted by atomic mass is 10.1. The quantitative estimate of drug-likeness (QED) is 0.567. The zero-order chi connectivity index (χ0) is 19.1. The van der Waals surface area contributed by atoms with Crippen LogP contribution in [0.3, 0.4) is 0 Å². The summed E-state index contributed by atoms with van der Waals surface area (Å²) in [7, 11) is 0. The maximum atomic E-state index is 13.4. The summed E-state index contributed by atoms with van der Waals surface area (Å²) in [5, 5.41) is 4.48. The molecule has 0 amide bonds. The van der Waals surface area contributed by atoms with Gasteiger partial charge in [0.1, 0.15) is 11.5 Å². The van der Waals surface area contributed by atoms with Crippen LogP contribution in [0.2, 0.25) is 0 Å². The molecule has 0 bridgehead atoms. The Balaban J connectivity index is 1.51. The molecular formula is C19H18FN7O. The molecule has 9 heteroatoms. The molecule has 142 valence electrons. The van der Waals surface area contributed by atoms with Crippen molar-refractivity contribution in [1.82, 2.24) is 29.7 Å². The van der Waals surface area contributed by atoms with Crippen LogP contribution in [-0.4, -0.2) is 42.9 Å². The summed E-state index contributed by atoms with van der Waals surface area (Å²) in [6, 6.07) is 4.70. The number of H-pyrrole nitrogens is 1. The summed E-state index contributed by atoms with van der Waals surface area (Å²) in [6.45, 7) is 1.50. The number of aromatic nitrogens is 6. The Morgan fingerprint density at radius 3 is 2.89 bits per heavy atom. The van der Waals surface area contributed by atoms with Crippen molar-refractivity contribution in [1.29, 1.82) is 0 Å². The molecule has 1 aliphatic rings. The first-order valence-corrected chi connectivity index (χ1v) is 9.08. The smallest absolute Gasteiger partial charge is 0.161 e. The number of hydrogen-bond donors (Lipinski definition) is 2. The average molecular weight is 379 g/mol. The molecule has 3 aromatic heterocycles. The Labute approximate surface area is 159 Å². The number of fused-ring (bicyclic) bond motifs is 1. The molecule has 4 heterocycles. The van der Waals surface area contributed by atoms with Gasteiger partial charge in [-0.25, -0.2) is 19.3 Å². The van der Waals surface area contributed by atoms with Gasteiger partial charge in [-0.15, -0.1) is 0 Å². The SMILES string of the molecule is Nc1ncc(-c2cnn(C3CCOCC3)c2)nc1-c1nc2cc(F)ccc2[nH]1. The standard InChI is InChI=1S/C19H18FN7O/c20-12-1-2-14-15(7-12)26-19(25-14)17-18(21)22-9-16(24-17)11-8-23-27(10-11)13-3-5-28-6-4-13/h1-2,7-10,13H,3-6H2,(H2,21,22)(H,25,26). The number of imidazole rings is 1. The number of aromatic amines is 1. The minimum Gasteiger partial charge on any atom is -0.382 e. The van der Waals surface area contributed by atoms with E-state index >= 15 is 0 Å². The highest BCUT2D eigenvalue weighted by atomic mass is 19.1. The second-order valence-corrected chi connectivity index (χ2v) is 6.79. The van der Waals surface area contributed by atoms with Gasteiger partial charge in [0.25, 0.3) is 0 Å². The van der Waals surface area contributed by atoms with E-state index in [2.05, 4.69) is 25.0 Å². The van der Waals surface area contributed by atoms with Gasteiger partial charge in [-0.3, -0.25) is 4.68 Å². The highest BCUT2D eigenvalue weighted by Gasteiger charge is 2.18. The number of nitrogens with zero attached hydrogens (tertiary/aromatic N) is 5. The molecule has 3 N–H and O–H groups in total. The third kappa shape index (κ3) is 2.99. The number of rotatable bonds is 3. The molecule has 0 spiro atoms. The molecule has 28 heavy (non-hydrogen) atoms. The Kier molecular flexibility index (Phi) is 4.01. The summed E-state index contributed by atoms with van der Waals surface area (Å²) in [5.74, 6) is 0.350. The Bertz CT molecular complexity index is 1150. The molecule has 4 aromatic rings. The maximum absolute atomic E-state index is 13.4. The topological polar surface area (TPSA) is 108 Å². The molecule has 0 saturated carbocycles. The third-order valence-electron chi connectivity index (χ3n) is 4.93. The summed E-state index contributed by atoms with van der Waals surface area (Å²) >= 11 is 0. The molecule has 0 unspecified atom stereocenters. The van der Waals surface area contributed by atoms with E-state index < -0.39 is 0 Å². The Morgan fingerprint density at radius 2 is 2.04 bits per heavy atom. The number of nitrogens with one attached hydrogen (secondary N) is 1. The average Bonchev–Trinajstić information content (AvgIpc) is 3.36. The molecule has 1 aromatic carbocycles. The third-order valence-corrected chi connectivity index (χ3v) is 4.93. The summed E-state index contributed by atoms with van der Waals surface area (Å²) < 4.78 is 20.8. The maximum Gasteiger partial charge on any atom is 0.161 e. The van der Waals surface area contributed by atoms with Crippen molar-refractivity contribution in [3.05, 3.63) is 42.6 Å². The van der Waals surface area contributed by atoms with E-state index in [1.165, 1.54) is 12.1 Å². The van der Waals surface area contributed by atoms with Crippen LogP contribution in [0.25, 0.3) is 33.8 Å². The summed E-state index contributed by atoms with van der Waals surface area (Å²) in [6.07, 6.45) is 7.23. The van der Waals surface area contributed by atoms with Crippen molar-refractivity contribution in [2.75, 3.05) is 18.9 Å². The van der Waals surface area contributed by atoms with Gasteiger partial charge >= 0.3 is 0 Å². The number of nitrogen functional groups attached to an aromatic ring is 1. The first-order chi connectivity index (χ1) is 13.7. The first kappa shape index (κ1) is 16.8. The largest absolute Gasteiger partial charge is 0.382 e. The van der Waals surface area contributed by atoms with Crippen molar-refractivity contribution in [3.8, 4) is 22.8 Å². The predicted molar refractivity (Wildman–Crippen MR) is 102 cm³/mol. The lowest BCUT2D eigenvalue weighted by molar-refractivity contribution is 0.0662. The van der Waals surface area contributed by atoms with E-state index in [4.69, 9.17) is 10.5 Å². The van der Waals surface area contributed by atoms with Gasteiger partial charge in [-0.2, -0.15) is 5.10 Å². The summed E-state index contributed by atoms with van der Waals surface area (Å²) in [5.41, 5.74) is 9.16.